The Bertz CT molecular complexity index is 830. The molecule has 2 aromatic carbocycles. The Kier molecular flexibility index (Phi) is 5.41. The molecule has 0 atom stereocenters. The Morgan fingerprint density at radius 2 is 2.00 bits per heavy atom. The monoisotopic (exact) mass is 354 g/mol. The van der Waals surface area contributed by atoms with Gasteiger partial charge in [0.2, 0.25) is 6.79 Å². The predicted octanol–water partition coefficient (Wildman–Crippen LogP) is 3.43. The zero-order valence-corrected chi connectivity index (χ0v) is 15.1. The van der Waals surface area contributed by atoms with E-state index in [1.54, 1.807) is 6.07 Å². The number of aliphatic imine (C=N–C) groups is 1. The van der Waals surface area contributed by atoms with Gasteiger partial charge in [0, 0.05) is 5.56 Å². The summed E-state index contributed by atoms with van der Waals surface area (Å²) in [5.74, 6) is 1.18. The van der Waals surface area contributed by atoms with Gasteiger partial charge in [-0.3, -0.25) is 10.1 Å². The van der Waals surface area contributed by atoms with Crippen LogP contribution in [0, 0.1) is 6.92 Å². The van der Waals surface area contributed by atoms with Crippen LogP contribution < -0.4 is 14.8 Å². The van der Waals surface area contributed by atoms with Gasteiger partial charge in [0.25, 0.3) is 11.9 Å². The molecule has 3 rings (SSSR count). The number of benzene rings is 2. The molecule has 0 radical (unpaired) electrons. The summed E-state index contributed by atoms with van der Waals surface area (Å²) in [6.45, 7) is 6.29. The van der Waals surface area contributed by atoms with E-state index in [0.717, 1.165) is 16.9 Å². The highest BCUT2D eigenvalue weighted by molar-refractivity contribution is 6.04. The van der Waals surface area contributed by atoms with Gasteiger partial charge in [0.1, 0.15) is 0 Å². The first-order valence-electron chi connectivity index (χ1n) is 8.49. The van der Waals surface area contributed by atoms with Crippen molar-refractivity contribution < 1.29 is 19.0 Å². The largest absolute Gasteiger partial charge is 0.462 e. The van der Waals surface area contributed by atoms with Crippen LogP contribution in [0.1, 0.15) is 35.3 Å². The first kappa shape index (κ1) is 17.8. The number of ether oxygens (including phenoxy) is 3. The normalized spacial score (nSPS) is 13.0. The maximum absolute atomic E-state index is 12.4. The number of hydrogen-bond acceptors (Lipinski definition) is 5. The van der Waals surface area contributed by atoms with Crippen LogP contribution in [-0.4, -0.2) is 24.8 Å². The Labute approximate surface area is 152 Å². The van der Waals surface area contributed by atoms with Crippen molar-refractivity contribution in [2.45, 2.75) is 33.4 Å². The minimum atomic E-state index is -0.251. The smallest absolute Gasteiger partial charge is 0.292 e. The van der Waals surface area contributed by atoms with E-state index in [1.165, 1.54) is 0 Å². The maximum atomic E-state index is 12.4. The summed E-state index contributed by atoms with van der Waals surface area (Å²) in [5, 5.41) is 2.75. The highest BCUT2D eigenvalue weighted by Crippen LogP contribution is 2.32. The highest BCUT2D eigenvalue weighted by atomic mass is 16.7. The summed E-state index contributed by atoms with van der Waals surface area (Å²) >= 11 is 0. The molecular weight excluding hydrogens is 332 g/mol. The summed E-state index contributed by atoms with van der Waals surface area (Å²) in [4.78, 5) is 16.9. The number of amides is 1. The molecule has 0 saturated carbocycles. The first-order chi connectivity index (χ1) is 12.5. The number of carbonyl (C=O) groups is 1. The molecule has 1 aliphatic rings. The standard InChI is InChI=1S/C20H22N2O4/c1-13(2)26-20(22-19(23)16-6-4-5-14(3)9-16)21-11-15-7-8-17-18(10-15)25-12-24-17/h4-10,13H,11-12H2,1-3H3,(H,21,22,23). The van der Waals surface area contributed by atoms with Crippen LogP contribution in [0.15, 0.2) is 47.5 Å². The number of hydrogen-bond donors (Lipinski definition) is 1. The summed E-state index contributed by atoms with van der Waals surface area (Å²) < 4.78 is 16.3. The van der Waals surface area contributed by atoms with Crippen LogP contribution in [0.25, 0.3) is 0 Å². The minimum absolute atomic E-state index is 0.108. The third-order valence-electron chi connectivity index (χ3n) is 3.69. The molecule has 0 aliphatic carbocycles. The molecule has 6 heteroatoms. The van der Waals surface area contributed by atoms with E-state index in [2.05, 4.69) is 10.3 Å². The Hall–Kier alpha value is -3.02. The molecule has 1 amide bonds. The van der Waals surface area contributed by atoms with Gasteiger partial charge in [-0.15, -0.1) is 0 Å². The number of nitrogens with one attached hydrogen (secondary N) is 1. The second-order valence-electron chi connectivity index (χ2n) is 6.30. The molecule has 0 unspecified atom stereocenters. The SMILES string of the molecule is Cc1cccc(C(=O)NC(=NCc2ccc3c(c2)OCO3)OC(C)C)c1. The third-order valence-corrected chi connectivity index (χ3v) is 3.69. The molecule has 0 saturated heterocycles. The minimum Gasteiger partial charge on any atom is -0.462 e. The van der Waals surface area contributed by atoms with Gasteiger partial charge < -0.3 is 14.2 Å². The van der Waals surface area contributed by atoms with Crippen molar-refractivity contribution in [3.05, 3.63) is 59.2 Å². The fourth-order valence-electron chi connectivity index (χ4n) is 2.49. The number of amidine groups is 1. The second kappa shape index (κ2) is 7.91. The summed E-state index contributed by atoms with van der Waals surface area (Å²) in [6, 6.07) is 13.2. The van der Waals surface area contributed by atoms with E-state index in [-0.39, 0.29) is 24.8 Å². The molecule has 0 aromatic heterocycles. The lowest BCUT2D eigenvalue weighted by molar-refractivity contribution is 0.0959. The summed E-state index contributed by atoms with van der Waals surface area (Å²) in [6.07, 6.45) is -0.108. The summed E-state index contributed by atoms with van der Waals surface area (Å²) in [7, 11) is 0. The van der Waals surface area contributed by atoms with E-state index < -0.39 is 0 Å². The van der Waals surface area contributed by atoms with Crippen molar-refractivity contribution in [3.63, 3.8) is 0 Å². The zero-order chi connectivity index (χ0) is 18.5. The van der Waals surface area contributed by atoms with Crippen molar-refractivity contribution >= 4 is 11.9 Å². The zero-order valence-electron chi connectivity index (χ0n) is 15.1. The molecule has 1 aliphatic heterocycles. The van der Waals surface area contributed by atoms with Crippen LogP contribution in [0.5, 0.6) is 11.5 Å². The molecule has 0 fully saturated rings. The van der Waals surface area contributed by atoms with E-state index in [9.17, 15) is 4.79 Å². The van der Waals surface area contributed by atoms with Crippen LogP contribution in [0.2, 0.25) is 0 Å². The van der Waals surface area contributed by atoms with E-state index >= 15 is 0 Å². The molecule has 0 bridgehead atoms. The van der Waals surface area contributed by atoms with E-state index in [0.29, 0.717) is 17.9 Å². The molecule has 2 aromatic rings. The predicted molar refractivity (Wildman–Crippen MR) is 98.6 cm³/mol. The van der Waals surface area contributed by atoms with Crippen LogP contribution >= 0.6 is 0 Å². The Morgan fingerprint density at radius 3 is 2.77 bits per heavy atom. The van der Waals surface area contributed by atoms with Crippen molar-refractivity contribution in [3.8, 4) is 11.5 Å². The van der Waals surface area contributed by atoms with Gasteiger partial charge in [-0.25, -0.2) is 4.99 Å². The number of rotatable bonds is 4. The van der Waals surface area contributed by atoms with Crippen molar-refractivity contribution in [1.82, 2.24) is 5.32 Å². The van der Waals surface area contributed by atoms with Crippen LogP contribution in [0.4, 0.5) is 0 Å². The van der Waals surface area contributed by atoms with Gasteiger partial charge in [-0.2, -0.15) is 0 Å². The van der Waals surface area contributed by atoms with Gasteiger partial charge >= 0.3 is 0 Å². The van der Waals surface area contributed by atoms with Crippen molar-refractivity contribution in [1.29, 1.82) is 0 Å². The fourth-order valence-corrected chi connectivity index (χ4v) is 2.49. The number of carbonyl (C=O) groups excluding carboxylic acids is 1. The quantitative estimate of drug-likeness (QED) is 0.675. The molecule has 26 heavy (non-hydrogen) atoms. The maximum Gasteiger partial charge on any atom is 0.292 e. The van der Waals surface area contributed by atoms with Crippen molar-refractivity contribution in [2.75, 3.05) is 6.79 Å². The van der Waals surface area contributed by atoms with E-state index in [4.69, 9.17) is 14.2 Å². The molecule has 6 nitrogen and oxygen atoms in total. The molecule has 136 valence electrons. The van der Waals surface area contributed by atoms with Crippen molar-refractivity contribution in [2.24, 2.45) is 4.99 Å². The lowest BCUT2D eigenvalue weighted by Gasteiger charge is -2.14. The molecular formula is C20H22N2O4. The highest BCUT2D eigenvalue weighted by Gasteiger charge is 2.14. The topological polar surface area (TPSA) is 69.2 Å². The van der Waals surface area contributed by atoms with Gasteiger partial charge in [-0.1, -0.05) is 23.8 Å². The van der Waals surface area contributed by atoms with Gasteiger partial charge in [0.05, 0.1) is 12.6 Å². The summed E-state index contributed by atoms with van der Waals surface area (Å²) in [5.41, 5.74) is 2.51. The molecule has 1 N–H and O–H groups in total. The first-order valence-corrected chi connectivity index (χ1v) is 8.49. The molecule has 0 spiro atoms. The fraction of sp³-hybridized carbons (Fsp3) is 0.300. The average molecular weight is 354 g/mol. The Balaban J connectivity index is 1.72. The lowest BCUT2D eigenvalue weighted by atomic mass is 10.1. The third kappa shape index (κ3) is 4.53. The van der Waals surface area contributed by atoms with Crippen LogP contribution in [0.3, 0.4) is 0 Å². The number of aryl methyl sites for hydroxylation is 1. The van der Waals surface area contributed by atoms with Gasteiger partial charge in [0.15, 0.2) is 11.5 Å². The second-order valence-corrected chi connectivity index (χ2v) is 6.30. The molecule has 1 heterocycles. The lowest BCUT2D eigenvalue weighted by Crippen LogP contribution is -2.34. The van der Waals surface area contributed by atoms with E-state index in [1.807, 2.05) is 57.2 Å². The van der Waals surface area contributed by atoms with Crippen LogP contribution in [-0.2, 0) is 11.3 Å². The Morgan fingerprint density at radius 1 is 1.19 bits per heavy atom. The van der Waals surface area contributed by atoms with Gasteiger partial charge in [-0.05, 0) is 50.6 Å². The number of nitrogens with zero attached hydrogens (tertiary/aromatic N) is 1. The average Bonchev–Trinajstić information content (AvgIpc) is 3.07. The number of fused-ring (bicyclic) bond motifs is 1.